The largest absolute Gasteiger partial charge is 0.379 e. The van der Waals surface area contributed by atoms with Gasteiger partial charge in [0.15, 0.2) is 0 Å². The molecule has 0 bridgehead atoms. The van der Waals surface area contributed by atoms with Gasteiger partial charge in [0.2, 0.25) is 0 Å². The predicted octanol–water partition coefficient (Wildman–Crippen LogP) is 5.37. The van der Waals surface area contributed by atoms with E-state index < -0.39 is 0 Å². The lowest BCUT2D eigenvalue weighted by atomic mass is 10.1. The van der Waals surface area contributed by atoms with Gasteiger partial charge in [0.1, 0.15) is 0 Å². The molecular weight excluding hydrogens is 380 g/mol. The van der Waals surface area contributed by atoms with Crippen molar-refractivity contribution in [2.24, 2.45) is 0 Å². The van der Waals surface area contributed by atoms with Crippen LogP contribution in [0, 0.1) is 0 Å². The summed E-state index contributed by atoms with van der Waals surface area (Å²) in [5.41, 5.74) is 3.26. The number of benzene rings is 2. The number of hydrogen-bond acceptors (Lipinski definition) is 2. The Labute approximate surface area is 134 Å². The summed E-state index contributed by atoms with van der Waals surface area (Å²) in [7, 11) is 0. The number of nitrogens with zero attached hydrogens (tertiary/aromatic N) is 1. The van der Waals surface area contributed by atoms with Crippen LogP contribution in [0.2, 0.25) is 0 Å². The minimum atomic E-state index is 0.762. The topological polar surface area (TPSA) is 24.9 Å². The Kier molecular flexibility index (Phi) is 4.03. The van der Waals surface area contributed by atoms with E-state index in [9.17, 15) is 0 Å². The van der Waals surface area contributed by atoms with Crippen LogP contribution in [-0.4, -0.2) is 4.98 Å². The van der Waals surface area contributed by atoms with E-state index in [-0.39, 0.29) is 0 Å². The molecule has 0 saturated heterocycles. The third-order valence-electron chi connectivity index (χ3n) is 3.10. The van der Waals surface area contributed by atoms with Crippen molar-refractivity contribution in [1.82, 2.24) is 4.98 Å². The number of rotatable bonds is 3. The van der Waals surface area contributed by atoms with E-state index in [1.54, 1.807) is 0 Å². The first kappa shape index (κ1) is 13.6. The lowest BCUT2D eigenvalue weighted by Gasteiger charge is -2.10. The number of aromatic nitrogens is 1. The third kappa shape index (κ3) is 2.86. The zero-order chi connectivity index (χ0) is 13.9. The Morgan fingerprint density at radius 1 is 1.00 bits per heavy atom. The second kappa shape index (κ2) is 5.94. The van der Waals surface area contributed by atoms with Gasteiger partial charge in [-0.15, -0.1) is 0 Å². The normalized spacial score (nSPS) is 10.7. The van der Waals surface area contributed by atoms with E-state index in [0.29, 0.717) is 0 Å². The lowest BCUT2D eigenvalue weighted by molar-refractivity contribution is 1.14. The zero-order valence-corrected chi connectivity index (χ0v) is 13.8. The van der Waals surface area contributed by atoms with Crippen LogP contribution >= 0.6 is 31.9 Å². The molecule has 0 atom stereocenters. The molecule has 0 fully saturated rings. The van der Waals surface area contributed by atoms with Crippen molar-refractivity contribution >= 4 is 48.5 Å². The molecule has 0 radical (unpaired) electrons. The highest BCUT2D eigenvalue weighted by Gasteiger charge is 2.04. The molecule has 20 heavy (non-hydrogen) atoms. The van der Waals surface area contributed by atoms with Gasteiger partial charge in [-0.1, -0.05) is 46.3 Å². The Balaban J connectivity index is 1.90. The van der Waals surface area contributed by atoms with E-state index in [2.05, 4.69) is 72.5 Å². The van der Waals surface area contributed by atoms with E-state index >= 15 is 0 Å². The maximum absolute atomic E-state index is 4.49. The maximum atomic E-state index is 4.49. The molecule has 0 aliphatic heterocycles. The van der Waals surface area contributed by atoms with Gasteiger partial charge in [-0.2, -0.15) is 0 Å². The van der Waals surface area contributed by atoms with Crippen LogP contribution in [0.25, 0.3) is 10.9 Å². The molecule has 0 spiro atoms. The van der Waals surface area contributed by atoms with Gasteiger partial charge in [-0.3, -0.25) is 4.98 Å². The van der Waals surface area contributed by atoms with E-state index in [0.717, 1.165) is 32.1 Å². The monoisotopic (exact) mass is 390 g/mol. The summed E-state index contributed by atoms with van der Waals surface area (Å²) < 4.78 is 2.11. The number of anilines is 1. The maximum Gasteiger partial charge on any atom is 0.0934 e. The molecule has 0 aliphatic rings. The van der Waals surface area contributed by atoms with Gasteiger partial charge in [0.05, 0.1) is 11.2 Å². The molecular formula is C16H12Br2N2. The van der Waals surface area contributed by atoms with Gasteiger partial charge in [-0.25, -0.2) is 0 Å². The number of pyridine rings is 1. The summed E-state index contributed by atoms with van der Waals surface area (Å²) >= 11 is 7.02. The highest BCUT2D eigenvalue weighted by molar-refractivity contribution is 9.10. The van der Waals surface area contributed by atoms with Crippen molar-refractivity contribution in [3.63, 3.8) is 0 Å². The summed E-state index contributed by atoms with van der Waals surface area (Å²) in [5.74, 6) is 0. The van der Waals surface area contributed by atoms with Crippen molar-refractivity contribution in [3.05, 3.63) is 69.2 Å². The Morgan fingerprint density at radius 3 is 2.70 bits per heavy atom. The van der Waals surface area contributed by atoms with Crippen molar-refractivity contribution < 1.29 is 0 Å². The first-order valence-corrected chi connectivity index (χ1v) is 7.84. The van der Waals surface area contributed by atoms with Gasteiger partial charge in [-0.05, 0) is 39.7 Å². The van der Waals surface area contributed by atoms with Crippen LogP contribution in [0.3, 0.4) is 0 Å². The predicted molar refractivity (Wildman–Crippen MR) is 90.9 cm³/mol. The summed E-state index contributed by atoms with van der Waals surface area (Å²) in [6.45, 7) is 0.762. The Bertz CT molecular complexity index is 756. The number of nitrogens with one attached hydrogen (secondary N) is 1. The lowest BCUT2D eigenvalue weighted by Crippen LogP contribution is -2.01. The fourth-order valence-corrected chi connectivity index (χ4v) is 2.88. The average Bonchev–Trinajstić information content (AvgIpc) is 2.46. The SMILES string of the molecule is Brc1cnc2c(NCc3ccccc3Br)cccc2c1. The van der Waals surface area contributed by atoms with Crippen molar-refractivity contribution in [2.45, 2.75) is 6.54 Å². The minimum absolute atomic E-state index is 0.762. The molecule has 2 nitrogen and oxygen atoms in total. The average molecular weight is 392 g/mol. The number of hydrogen-bond donors (Lipinski definition) is 1. The highest BCUT2D eigenvalue weighted by atomic mass is 79.9. The van der Waals surface area contributed by atoms with Crippen LogP contribution in [0.5, 0.6) is 0 Å². The molecule has 0 saturated carbocycles. The number of halogens is 2. The van der Waals surface area contributed by atoms with Gasteiger partial charge < -0.3 is 5.32 Å². The molecule has 2 aromatic carbocycles. The molecule has 1 aromatic heterocycles. The molecule has 3 rings (SSSR count). The molecule has 3 aromatic rings. The smallest absolute Gasteiger partial charge is 0.0934 e. The molecule has 0 aliphatic carbocycles. The standard InChI is InChI=1S/C16H12Br2N2/c17-13-8-11-5-3-7-15(16(11)20-10-13)19-9-12-4-1-2-6-14(12)18/h1-8,10,19H,9H2. The fourth-order valence-electron chi connectivity index (χ4n) is 2.11. The van der Waals surface area contributed by atoms with Crippen LogP contribution < -0.4 is 5.32 Å². The van der Waals surface area contributed by atoms with Crippen LogP contribution in [-0.2, 0) is 6.54 Å². The van der Waals surface area contributed by atoms with Crippen LogP contribution in [0.15, 0.2) is 63.7 Å². The quantitative estimate of drug-likeness (QED) is 0.648. The van der Waals surface area contributed by atoms with Crippen molar-refractivity contribution in [1.29, 1.82) is 0 Å². The van der Waals surface area contributed by atoms with Crippen molar-refractivity contribution in [2.75, 3.05) is 5.32 Å². The molecule has 100 valence electrons. The Morgan fingerprint density at radius 2 is 1.85 bits per heavy atom. The number of para-hydroxylation sites is 1. The van der Waals surface area contributed by atoms with Gasteiger partial charge in [0.25, 0.3) is 0 Å². The fraction of sp³-hybridized carbons (Fsp3) is 0.0625. The highest BCUT2D eigenvalue weighted by Crippen LogP contribution is 2.25. The summed E-state index contributed by atoms with van der Waals surface area (Å²) in [5, 5.41) is 4.58. The first-order valence-electron chi connectivity index (χ1n) is 6.25. The molecule has 0 amide bonds. The van der Waals surface area contributed by atoms with Crippen LogP contribution in [0.4, 0.5) is 5.69 Å². The Hall–Kier alpha value is -1.39. The van der Waals surface area contributed by atoms with Crippen molar-refractivity contribution in [3.8, 4) is 0 Å². The van der Waals surface area contributed by atoms with E-state index in [1.165, 1.54) is 5.56 Å². The van der Waals surface area contributed by atoms with Gasteiger partial charge in [0, 0.05) is 27.1 Å². The number of fused-ring (bicyclic) bond motifs is 1. The zero-order valence-electron chi connectivity index (χ0n) is 10.6. The van der Waals surface area contributed by atoms with Gasteiger partial charge >= 0.3 is 0 Å². The summed E-state index contributed by atoms with van der Waals surface area (Å²) in [6.07, 6.45) is 1.83. The summed E-state index contributed by atoms with van der Waals surface area (Å²) in [4.78, 5) is 4.49. The van der Waals surface area contributed by atoms with E-state index in [1.807, 2.05) is 24.4 Å². The molecule has 1 heterocycles. The first-order chi connectivity index (χ1) is 9.74. The second-order valence-electron chi connectivity index (χ2n) is 4.48. The van der Waals surface area contributed by atoms with E-state index in [4.69, 9.17) is 0 Å². The molecule has 0 unspecified atom stereocenters. The summed E-state index contributed by atoms with van der Waals surface area (Å²) in [6, 6.07) is 16.5. The molecule has 4 heteroatoms. The molecule has 1 N–H and O–H groups in total. The minimum Gasteiger partial charge on any atom is -0.379 e. The van der Waals surface area contributed by atoms with Crippen LogP contribution in [0.1, 0.15) is 5.56 Å². The second-order valence-corrected chi connectivity index (χ2v) is 6.25. The third-order valence-corrected chi connectivity index (χ3v) is 4.31.